The lowest BCUT2D eigenvalue weighted by molar-refractivity contribution is 0.100. The lowest BCUT2D eigenvalue weighted by Crippen LogP contribution is -2.36. The SMILES string of the molecule is Cc1ccc(-c2cn(C3CCN(c4ncccc4C(N)=O)CC3)nn2)cc1. The number of benzene rings is 1. The Bertz CT molecular complexity index is 941. The number of anilines is 1. The second-order valence-electron chi connectivity index (χ2n) is 6.91. The van der Waals surface area contributed by atoms with E-state index in [1.165, 1.54) is 5.56 Å². The smallest absolute Gasteiger partial charge is 0.252 e. The molecule has 3 heterocycles. The van der Waals surface area contributed by atoms with Crippen LogP contribution in [-0.4, -0.2) is 39.0 Å². The molecule has 1 aliphatic heterocycles. The lowest BCUT2D eigenvalue weighted by atomic mass is 10.0. The van der Waals surface area contributed by atoms with E-state index in [1.807, 2.05) is 10.9 Å². The summed E-state index contributed by atoms with van der Waals surface area (Å²) in [4.78, 5) is 18.1. The van der Waals surface area contributed by atoms with E-state index >= 15 is 0 Å². The molecule has 3 aromatic rings. The molecule has 138 valence electrons. The van der Waals surface area contributed by atoms with E-state index in [9.17, 15) is 4.79 Å². The first kappa shape index (κ1) is 17.2. The van der Waals surface area contributed by atoms with Crippen LogP contribution in [0.5, 0.6) is 0 Å². The molecule has 1 amide bonds. The molecule has 1 aromatic carbocycles. The minimum absolute atomic E-state index is 0.286. The summed E-state index contributed by atoms with van der Waals surface area (Å²) in [5.41, 5.74) is 9.14. The molecule has 7 nitrogen and oxygen atoms in total. The molecule has 4 rings (SSSR count). The fourth-order valence-electron chi connectivity index (χ4n) is 3.50. The lowest BCUT2D eigenvalue weighted by Gasteiger charge is -2.33. The molecule has 1 aliphatic rings. The average molecular weight is 362 g/mol. The van der Waals surface area contributed by atoms with Crippen molar-refractivity contribution in [2.24, 2.45) is 5.73 Å². The summed E-state index contributed by atoms with van der Waals surface area (Å²) < 4.78 is 1.96. The predicted molar refractivity (Wildman–Crippen MR) is 103 cm³/mol. The molecule has 1 fully saturated rings. The van der Waals surface area contributed by atoms with Gasteiger partial charge in [-0.25, -0.2) is 9.67 Å². The summed E-state index contributed by atoms with van der Waals surface area (Å²) in [6.45, 7) is 3.66. The second-order valence-corrected chi connectivity index (χ2v) is 6.91. The van der Waals surface area contributed by atoms with Crippen LogP contribution in [0.2, 0.25) is 0 Å². The Hall–Kier alpha value is -3.22. The number of hydrogen-bond donors (Lipinski definition) is 1. The van der Waals surface area contributed by atoms with Crippen LogP contribution in [0.15, 0.2) is 48.8 Å². The highest BCUT2D eigenvalue weighted by Gasteiger charge is 2.25. The molecule has 0 aliphatic carbocycles. The number of hydrogen-bond acceptors (Lipinski definition) is 5. The number of nitrogens with zero attached hydrogens (tertiary/aromatic N) is 5. The highest BCUT2D eigenvalue weighted by molar-refractivity contribution is 5.97. The fraction of sp³-hybridized carbons (Fsp3) is 0.300. The molecule has 2 N–H and O–H groups in total. The number of amides is 1. The summed E-state index contributed by atoms with van der Waals surface area (Å²) in [5, 5.41) is 8.67. The van der Waals surface area contributed by atoms with Gasteiger partial charge in [0, 0.05) is 24.8 Å². The van der Waals surface area contributed by atoms with Crippen LogP contribution < -0.4 is 10.6 Å². The molecule has 0 unspecified atom stereocenters. The summed E-state index contributed by atoms with van der Waals surface area (Å²) >= 11 is 0. The molecule has 0 bridgehead atoms. The zero-order chi connectivity index (χ0) is 18.8. The quantitative estimate of drug-likeness (QED) is 0.770. The Morgan fingerprint density at radius 2 is 1.89 bits per heavy atom. The van der Waals surface area contributed by atoms with Gasteiger partial charge in [0.15, 0.2) is 0 Å². The van der Waals surface area contributed by atoms with Crippen LogP contribution in [0.4, 0.5) is 5.82 Å². The number of piperidine rings is 1. The first-order valence-electron chi connectivity index (χ1n) is 9.10. The van der Waals surface area contributed by atoms with Gasteiger partial charge in [-0.1, -0.05) is 35.0 Å². The summed E-state index contributed by atoms with van der Waals surface area (Å²) in [6, 6.07) is 12.0. The second kappa shape index (κ2) is 7.19. The van der Waals surface area contributed by atoms with Crippen molar-refractivity contribution in [2.75, 3.05) is 18.0 Å². The third-order valence-corrected chi connectivity index (χ3v) is 5.05. The van der Waals surface area contributed by atoms with Crippen molar-refractivity contribution in [3.05, 3.63) is 59.9 Å². The minimum Gasteiger partial charge on any atom is -0.365 e. The van der Waals surface area contributed by atoms with Crippen LogP contribution >= 0.6 is 0 Å². The van der Waals surface area contributed by atoms with Crippen LogP contribution in [-0.2, 0) is 0 Å². The van der Waals surface area contributed by atoms with Crippen molar-refractivity contribution in [1.29, 1.82) is 0 Å². The fourth-order valence-corrected chi connectivity index (χ4v) is 3.50. The van der Waals surface area contributed by atoms with Gasteiger partial charge in [0.05, 0.1) is 17.8 Å². The maximum Gasteiger partial charge on any atom is 0.252 e. The van der Waals surface area contributed by atoms with Gasteiger partial charge in [-0.15, -0.1) is 5.10 Å². The first-order valence-corrected chi connectivity index (χ1v) is 9.10. The van der Waals surface area contributed by atoms with Gasteiger partial charge in [0.1, 0.15) is 11.5 Å². The molecule has 1 saturated heterocycles. The number of pyridine rings is 1. The van der Waals surface area contributed by atoms with Crippen molar-refractivity contribution < 1.29 is 4.79 Å². The van der Waals surface area contributed by atoms with Crippen molar-refractivity contribution in [3.63, 3.8) is 0 Å². The monoisotopic (exact) mass is 362 g/mol. The van der Waals surface area contributed by atoms with E-state index in [0.29, 0.717) is 11.4 Å². The number of aryl methyl sites for hydroxylation is 1. The Balaban J connectivity index is 1.46. The Labute approximate surface area is 157 Å². The van der Waals surface area contributed by atoms with Gasteiger partial charge < -0.3 is 10.6 Å². The van der Waals surface area contributed by atoms with Gasteiger partial charge in [0.25, 0.3) is 5.91 Å². The molecule has 7 heteroatoms. The number of aromatic nitrogens is 4. The van der Waals surface area contributed by atoms with Gasteiger partial charge in [-0.05, 0) is 31.9 Å². The van der Waals surface area contributed by atoms with E-state index in [2.05, 4.69) is 51.4 Å². The maximum atomic E-state index is 11.6. The number of nitrogens with two attached hydrogens (primary N) is 1. The normalized spacial score (nSPS) is 15.1. The third kappa shape index (κ3) is 3.53. The van der Waals surface area contributed by atoms with Gasteiger partial charge in [-0.3, -0.25) is 4.79 Å². The van der Waals surface area contributed by atoms with Crippen LogP contribution in [0.25, 0.3) is 11.3 Å². The number of carbonyl (C=O) groups excluding carboxylic acids is 1. The molecule has 0 radical (unpaired) electrons. The van der Waals surface area contributed by atoms with Crippen LogP contribution in [0.1, 0.15) is 34.8 Å². The Morgan fingerprint density at radius 3 is 2.59 bits per heavy atom. The molecular weight excluding hydrogens is 340 g/mol. The van der Waals surface area contributed by atoms with Crippen molar-refractivity contribution >= 4 is 11.7 Å². The number of rotatable bonds is 4. The van der Waals surface area contributed by atoms with E-state index in [4.69, 9.17) is 5.73 Å². The summed E-state index contributed by atoms with van der Waals surface area (Å²) in [5.74, 6) is 0.224. The van der Waals surface area contributed by atoms with E-state index in [1.54, 1.807) is 18.3 Å². The summed E-state index contributed by atoms with van der Waals surface area (Å²) in [6.07, 6.45) is 5.52. The molecule has 2 aromatic heterocycles. The van der Waals surface area contributed by atoms with Crippen LogP contribution in [0.3, 0.4) is 0 Å². The maximum absolute atomic E-state index is 11.6. The molecule has 0 atom stereocenters. The third-order valence-electron chi connectivity index (χ3n) is 5.05. The minimum atomic E-state index is -0.445. The average Bonchev–Trinajstić information content (AvgIpc) is 3.19. The van der Waals surface area contributed by atoms with Gasteiger partial charge in [-0.2, -0.15) is 0 Å². The first-order chi connectivity index (χ1) is 13.1. The molecular formula is C20H22N6O. The standard InChI is InChI=1S/C20H22N6O/c1-14-4-6-15(7-5-14)18-13-26(24-23-18)16-8-11-25(12-9-16)20-17(19(21)27)3-2-10-22-20/h2-7,10,13,16H,8-9,11-12H2,1H3,(H2,21,27). The largest absolute Gasteiger partial charge is 0.365 e. The zero-order valence-electron chi connectivity index (χ0n) is 15.2. The number of primary amides is 1. The van der Waals surface area contributed by atoms with Crippen molar-refractivity contribution in [3.8, 4) is 11.3 Å². The Kier molecular flexibility index (Phi) is 4.58. The van der Waals surface area contributed by atoms with E-state index < -0.39 is 5.91 Å². The highest BCUT2D eigenvalue weighted by atomic mass is 16.1. The number of carbonyl (C=O) groups is 1. The molecule has 0 spiro atoms. The highest BCUT2D eigenvalue weighted by Crippen LogP contribution is 2.28. The van der Waals surface area contributed by atoms with E-state index in [-0.39, 0.29) is 6.04 Å². The van der Waals surface area contributed by atoms with Crippen molar-refractivity contribution in [1.82, 2.24) is 20.0 Å². The van der Waals surface area contributed by atoms with Crippen molar-refractivity contribution in [2.45, 2.75) is 25.8 Å². The molecule has 27 heavy (non-hydrogen) atoms. The van der Waals surface area contributed by atoms with Gasteiger partial charge in [0.2, 0.25) is 0 Å². The zero-order valence-corrected chi connectivity index (χ0v) is 15.2. The Morgan fingerprint density at radius 1 is 1.15 bits per heavy atom. The van der Waals surface area contributed by atoms with Crippen LogP contribution in [0, 0.1) is 6.92 Å². The van der Waals surface area contributed by atoms with Gasteiger partial charge >= 0.3 is 0 Å². The predicted octanol–water partition coefficient (Wildman–Crippen LogP) is 2.59. The topological polar surface area (TPSA) is 89.9 Å². The van der Waals surface area contributed by atoms with E-state index in [0.717, 1.165) is 37.2 Å². The molecule has 0 saturated carbocycles. The summed E-state index contributed by atoms with van der Waals surface area (Å²) in [7, 11) is 0.